The van der Waals surface area contributed by atoms with E-state index in [0.717, 1.165) is 18.7 Å². The number of ketones is 1. The number of phenolic OH excluding ortho intramolecular Hbond substituents is 1. The maximum absolute atomic E-state index is 11.2. The molecule has 1 saturated heterocycles. The van der Waals surface area contributed by atoms with Gasteiger partial charge in [0.2, 0.25) is 0 Å². The third-order valence-corrected chi connectivity index (χ3v) is 2.47. The van der Waals surface area contributed by atoms with Crippen LogP contribution in [0, 0.1) is 0 Å². The summed E-state index contributed by atoms with van der Waals surface area (Å²) >= 11 is 0. The SMILES string of the molecule is O=C1CCCN(c2ccccc2O)C1. The third kappa shape index (κ3) is 1.71. The Morgan fingerprint density at radius 2 is 2.07 bits per heavy atom. The van der Waals surface area contributed by atoms with Crippen molar-refractivity contribution < 1.29 is 9.90 Å². The maximum Gasteiger partial charge on any atom is 0.152 e. The molecule has 0 amide bonds. The van der Waals surface area contributed by atoms with E-state index < -0.39 is 0 Å². The van der Waals surface area contributed by atoms with E-state index in [1.807, 2.05) is 17.0 Å². The van der Waals surface area contributed by atoms with Crippen LogP contribution in [-0.2, 0) is 4.79 Å². The summed E-state index contributed by atoms with van der Waals surface area (Å²) < 4.78 is 0. The monoisotopic (exact) mass is 191 g/mol. The highest BCUT2D eigenvalue weighted by Crippen LogP contribution is 2.27. The maximum atomic E-state index is 11.2. The predicted octanol–water partition coefficient (Wildman–Crippen LogP) is 1.56. The van der Waals surface area contributed by atoms with Gasteiger partial charge < -0.3 is 10.0 Å². The summed E-state index contributed by atoms with van der Waals surface area (Å²) in [7, 11) is 0. The van der Waals surface area contributed by atoms with Crippen molar-refractivity contribution in [3.8, 4) is 5.75 Å². The Morgan fingerprint density at radius 3 is 2.79 bits per heavy atom. The zero-order valence-electron chi connectivity index (χ0n) is 7.94. The largest absolute Gasteiger partial charge is 0.506 e. The number of hydrogen-bond acceptors (Lipinski definition) is 3. The van der Waals surface area contributed by atoms with Crippen LogP contribution in [0.15, 0.2) is 24.3 Å². The Bertz CT molecular complexity index is 349. The number of piperidine rings is 1. The van der Waals surface area contributed by atoms with E-state index in [1.54, 1.807) is 12.1 Å². The number of anilines is 1. The second-order valence-corrected chi connectivity index (χ2v) is 3.55. The second kappa shape index (κ2) is 3.70. The molecule has 1 N–H and O–H groups in total. The summed E-state index contributed by atoms with van der Waals surface area (Å²) in [4.78, 5) is 13.2. The molecule has 0 radical (unpaired) electrons. The summed E-state index contributed by atoms with van der Waals surface area (Å²) in [5.41, 5.74) is 0.764. The van der Waals surface area contributed by atoms with E-state index in [-0.39, 0.29) is 11.5 Å². The number of rotatable bonds is 1. The second-order valence-electron chi connectivity index (χ2n) is 3.55. The minimum absolute atomic E-state index is 0.250. The van der Waals surface area contributed by atoms with Gasteiger partial charge in [0.05, 0.1) is 12.2 Å². The molecule has 74 valence electrons. The van der Waals surface area contributed by atoms with Crippen LogP contribution in [0.4, 0.5) is 5.69 Å². The molecule has 1 aromatic carbocycles. The number of carbonyl (C=O) groups excluding carboxylic acids is 1. The molecule has 2 rings (SSSR count). The fraction of sp³-hybridized carbons (Fsp3) is 0.364. The molecule has 0 bridgehead atoms. The van der Waals surface area contributed by atoms with Gasteiger partial charge in [0, 0.05) is 13.0 Å². The molecule has 1 heterocycles. The normalized spacial score (nSPS) is 17.1. The van der Waals surface area contributed by atoms with E-state index in [1.165, 1.54) is 0 Å². The minimum Gasteiger partial charge on any atom is -0.506 e. The molecular weight excluding hydrogens is 178 g/mol. The van der Waals surface area contributed by atoms with Gasteiger partial charge in [-0.3, -0.25) is 4.79 Å². The number of Topliss-reactive ketones (excluding diaryl/α,β-unsaturated/α-hetero) is 1. The van der Waals surface area contributed by atoms with Crippen LogP contribution in [0.25, 0.3) is 0 Å². The number of hydrogen-bond donors (Lipinski definition) is 1. The average Bonchev–Trinajstić information content (AvgIpc) is 2.18. The summed E-state index contributed by atoms with van der Waals surface area (Å²) in [6, 6.07) is 7.14. The highest BCUT2D eigenvalue weighted by atomic mass is 16.3. The van der Waals surface area contributed by atoms with Gasteiger partial charge in [0.15, 0.2) is 5.78 Å². The average molecular weight is 191 g/mol. The molecule has 0 atom stereocenters. The van der Waals surface area contributed by atoms with E-state index >= 15 is 0 Å². The van der Waals surface area contributed by atoms with Crippen molar-refractivity contribution in [1.82, 2.24) is 0 Å². The lowest BCUT2D eigenvalue weighted by Crippen LogP contribution is -2.35. The molecule has 1 aromatic rings. The summed E-state index contributed by atoms with van der Waals surface area (Å²) in [5.74, 6) is 0.502. The Labute approximate surface area is 83.0 Å². The summed E-state index contributed by atoms with van der Waals surface area (Å²) in [5, 5.41) is 9.60. The molecule has 0 aliphatic carbocycles. The fourth-order valence-corrected chi connectivity index (χ4v) is 1.78. The van der Waals surface area contributed by atoms with Crippen molar-refractivity contribution >= 4 is 11.5 Å². The van der Waals surface area contributed by atoms with Crippen LogP contribution >= 0.6 is 0 Å². The summed E-state index contributed by atoms with van der Waals surface area (Å²) in [6.45, 7) is 1.28. The van der Waals surface area contributed by atoms with E-state index in [9.17, 15) is 9.90 Å². The first kappa shape index (κ1) is 9.06. The first-order valence-electron chi connectivity index (χ1n) is 4.82. The first-order valence-corrected chi connectivity index (χ1v) is 4.82. The molecule has 0 aromatic heterocycles. The van der Waals surface area contributed by atoms with Gasteiger partial charge in [-0.15, -0.1) is 0 Å². The van der Waals surface area contributed by atoms with Crippen LogP contribution in [0.1, 0.15) is 12.8 Å². The van der Waals surface area contributed by atoms with E-state index in [4.69, 9.17) is 0 Å². The molecule has 14 heavy (non-hydrogen) atoms. The highest BCUT2D eigenvalue weighted by Gasteiger charge is 2.18. The molecule has 1 aliphatic heterocycles. The van der Waals surface area contributed by atoms with Crippen LogP contribution in [0.5, 0.6) is 5.75 Å². The van der Waals surface area contributed by atoms with Crippen LogP contribution in [0.3, 0.4) is 0 Å². The Hall–Kier alpha value is -1.51. The van der Waals surface area contributed by atoms with Crippen molar-refractivity contribution in [3.05, 3.63) is 24.3 Å². The third-order valence-electron chi connectivity index (χ3n) is 2.47. The number of benzene rings is 1. The van der Waals surface area contributed by atoms with Crippen molar-refractivity contribution in [3.63, 3.8) is 0 Å². The van der Waals surface area contributed by atoms with E-state index in [2.05, 4.69) is 0 Å². The zero-order valence-corrected chi connectivity index (χ0v) is 7.94. The van der Waals surface area contributed by atoms with Gasteiger partial charge in [-0.1, -0.05) is 12.1 Å². The Kier molecular flexibility index (Phi) is 2.39. The Balaban J connectivity index is 2.22. The lowest BCUT2D eigenvalue weighted by Gasteiger charge is -2.28. The quantitative estimate of drug-likeness (QED) is 0.732. The van der Waals surface area contributed by atoms with E-state index in [0.29, 0.717) is 13.0 Å². The van der Waals surface area contributed by atoms with Crippen molar-refractivity contribution in [2.75, 3.05) is 18.0 Å². The standard InChI is InChI=1S/C11H13NO2/c13-9-4-3-7-12(8-9)10-5-1-2-6-11(10)14/h1-2,5-6,14H,3-4,7-8H2. The van der Waals surface area contributed by atoms with Gasteiger partial charge in [-0.05, 0) is 18.6 Å². The molecule has 0 unspecified atom stereocenters. The lowest BCUT2D eigenvalue weighted by atomic mass is 10.1. The van der Waals surface area contributed by atoms with Gasteiger partial charge >= 0.3 is 0 Å². The number of phenols is 1. The molecule has 1 aliphatic rings. The zero-order chi connectivity index (χ0) is 9.97. The van der Waals surface area contributed by atoms with Crippen molar-refractivity contribution in [2.45, 2.75) is 12.8 Å². The number of aromatic hydroxyl groups is 1. The lowest BCUT2D eigenvalue weighted by molar-refractivity contribution is -0.118. The van der Waals surface area contributed by atoms with Gasteiger partial charge in [-0.2, -0.15) is 0 Å². The molecular formula is C11H13NO2. The van der Waals surface area contributed by atoms with Crippen molar-refractivity contribution in [2.24, 2.45) is 0 Å². The first-order chi connectivity index (χ1) is 6.77. The molecule has 1 fully saturated rings. The minimum atomic E-state index is 0.250. The van der Waals surface area contributed by atoms with Gasteiger partial charge in [-0.25, -0.2) is 0 Å². The van der Waals surface area contributed by atoms with Crippen LogP contribution in [0.2, 0.25) is 0 Å². The highest BCUT2D eigenvalue weighted by molar-refractivity contribution is 5.85. The topological polar surface area (TPSA) is 40.5 Å². The molecule has 3 nitrogen and oxygen atoms in total. The van der Waals surface area contributed by atoms with Crippen LogP contribution < -0.4 is 4.90 Å². The number of carbonyl (C=O) groups is 1. The van der Waals surface area contributed by atoms with Crippen molar-refractivity contribution in [1.29, 1.82) is 0 Å². The number of nitrogens with zero attached hydrogens (tertiary/aromatic N) is 1. The van der Waals surface area contributed by atoms with Gasteiger partial charge in [0.25, 0.3) is 0 Å². The smallest absolute Gasteiger partial charge is 0.152 e. The van der Waals surface area contributed by atoms with Crippen LogP contribution in [-0.4, -0.2) is 24.0 Å². The summed E-state index contributed by atoms with van der Waals surface area (Å²) in [6.07, 6.45) is 1.55. The van der Waals surface area contributed by atoms with Gasteiger partial charge in [0.1, 0.15) is 5.75 Å². The molecule has 0 saturated carbocycles. The number of para-hydroxylation sites is 2. The Morgan fingerprint density at radius 1 is 1.29 bits per heavy atom. The predicted molar refractivity (Wildman–Crippen MR) is 54.6 cm³/mol. The molecule has 3 heteroatoms. The fourth-order valence-electron chi connectivity index (χ4n) is 1.78. The molecule has 0 spiro atoms.